The van der Waals surface area contributed by atoms with Crippen molar-refractivity contribution in [2.75, 3.05) is 32.7 Å². The first-order chi connectivity index (χ1) is 11.6. The van der Waals surface area contributed by atoms with Crippen LogP contribution in [0.4, 0.5) is 0 Å². The van der Waals surface area contributed by atoms with E-state index < -0.39 is 0 Å². The van der Waals surface area contributed by atoms with Crippen molar-refractivity contribution in [1.82, 2.24) is 24.8 Å². The Hall–Kier alpha value is -1.43. The predicted molar refractivity (Wildman–Crippen MR) is 96.1 cm³/mol. The van der Waals surface area contributed by atoms with Crippen LogP contribution in [0.1, 0.15) is 69.9 Å². The Morgan fingerprint density at radius 1 is 1.29 bits per heavy atom. The summed E-state index contributed by atoms with van der Waals surface area (Å²) >= 11 is 0. The number of hydrogen-bond acceptors (Lipinski definition) is 4. The summed E-state index contributed by atoms with van der Waals surface area (Å²) in [7, 11) is 0. The summed E-state index contributed by atoms with van der Waals surface area (Å²) < 4.78 is 1.91. The lowest BCUT2D eigenvalue weighted by Crippen LogP contribution is -2.39. The van der Waals surface area contributed by atoms with Gasteiger partial charge in [0.2, 0.25) is 0 Å². The van der Waals surface area contributed by atoms with Gasteiger partial charge in [0.1, 0.15) is 0 Å². The highest BCUT2D eigenvalue weighted by Crippen LogP contribution is 2.23. The van der Waals surface area contributed by atoms with Crippen molar-refractivity contribution in [1.29, 1.82) is 0 Å². The van der Waals surface area contributed by atoms with Crippen LogP contribution in [0.15, 0.2) is 6.20 Å². The number of rotatable bonds is 8. The second-order valence-electron chi connectivity index (χ2n) is 6.80. The van der Waals surface area contributed by atoms with Crippen LogP contribution in [0.25, 0.3) is 0 Å². The number of amides is 1. The number of nitrogens with zero attached hydrogens (tertiary/aromatic N) is 5. The number of hydrogen-bond donors (Lipinski definition) is 0. The highest BCUT2D eigenvalue weighted by atomic mass is 16.2. The minimum absolute atomic E-state index is 0.0176. The van der Waals surface area contributed by atoms with E-state index in [0.717, 1.165) is 18.9 Å². The largest absolute Gasteiger partial charge is 0.338 e. The van der Waals surface area contributed by atoms with Crippen LogP contribution in [0.5, 0.6) is 0 Å². The van der Waals surface area contributed by atoms with Gasteiger partial charge in [-0.05, 0) is 39.2 Å². The third-order valence-corrected chi connectivity index (χ3v) is 5.31. The summed E-state index contributed by atoms with van der Waals surface area (Å²) in [6, 6.07) is 0.332. The Balaban J connectivity index is 2.00. The summed E-state index contributed by atoms with van der Waals surface area (Å²) in [5, 5.41) is 8.39. The van der Waals surface area contributed by atoms with Gasteiger partial charge in [-0.2, -0.15) is 0 Å². The summed E-state index contributed by atoms with van der Waals surface area (Å²) in [5.41, 5.74) is 0.468. The molecule has 0 unspecified atom stereocenters. The van der Waals surface area contributed by atoms with E-state index >= 15 is 0 Å². The smallest absolute Gasteiger partial charge is 0.276 e. The van der Waals surface area contributed by atoms with Crippen molar-refractivity contribution in [3.8, 4) is 0 Å². The molecule has 1 aromatic rings. The highest BCUT2D eigenvalue weighted by Gasteiger charge is 2.25. The quantitative estimate of drug-likeness (QED) is 0.733. The van der Waals surface area contributed by atoms with Gasteiger partial charge in [-0.3, -0.25) is 4.79 Å². The molecule has 0 radical (unpaired) electrons. The maximum Gasteiger partial charge on any atom is 0.276 e. The van der Waals surface area contributed by atoms with Crippen LogP contribution in [0.3, 0.4) is 0 Å². The van der Waals surface area contributed by atoms with Crippen LogP contribution in [-0.4, -0.2) is 63.4 Å². The minimum atomic E-state index is -0.0176. The molecule has 1 amide bonds. The zero-order valence-corrected chi connectivity index (χ0v) is 15.7. The van der Waals surface area contributed by atoms with Crippen molar-refractivity contribution in [2.24, 2.45) is 5.92 Å². The fourth-order valence-corrected chi connectivity index (χ4v) is 3.55. The third-order valence-electron chi connectivity index (χ3n) is 5.31. The number of piperidine rings is 1. The van der Waals surface area contributed by atoms with E-state index in [2.05, 4.69) is 29.1 Å². The summed E-state index contributed by atoms with van der Waals surface area (Å²) in [4.78, 5) is 16.7. The van der Waals surface area contributed by atoms with Crippen molar-refractivity contribution in [3.63, 3.8) is 0 Å². The van der Waals surface area contributed by atoms with Gasteiger partial charge in [0.25, 0.3) is 5.91 Å². The summed E-state index contributed by atoms with van der Waals surface area (Å²) in [6.07, 6.45) is 6.62. The van der Waals surface area contributed by atoms with E-state index in [4.69, 9.17) is 0 Å². The number of likely N-dealkylation sites (tertiary alicyclic amines) is 1. The lowest BCUT2D eigenvalue weighted by molar-refractivity contribution is 0.0767. The van der Waals surface area contributed by atoms with Crippen LogP contribution in [0.2, 0.25) is 0 Å². The molecule has 1 aliphatic rings. The van der Waals surface area contributed by atoms with Gasteiger partial charge >= 0.3 is 0 Å². The van der Waals surface area contributed by atoms with Crippen molar-refractivity contribution >= 4 is 5.91 Å². The van der Waals surface area contributed by atoms with E-state index in [0.29, 0.717) is 24.8 Å². The molecule has 136 valence electrons. The van der Waals surface area contributed by atoms with Gasteiger partial charge in [0.05, 0.1) is 12.2 Å². The van der Waals surface area contributed by atoms with Crippen LogP contribution >= 0.6 is 0 Å². The highest BCUT2D eigenvalue weighted by molar-refractivity contribution is 5.91. The average Bonchev–Trinajstić information content (AvgIpc) is 3.11. The molecule has 0 saturated carbocycles. The Kier molecular flexibility index (Phi) is 7.21. The molecule has 0 N–H and O–H groups in total. The Morgan fingerprint density at radius 3 is 2.62 bits per heavy atom. The zero-order chi connectivity index (χ0) is 17.5. The second-order valence-corrected chi connectivity index (χ2v) is 6.80. The lowest BCUT2D eigenvalue weighted by atomic mass is 10.00. The van der Waals surface area contributed by atoms with Crippen LogP contribution in [-0.2, 0) is 0 Å². The molecule has 0 spiro atoms. The minimum Gasteiger partial charge on any atom is -0.338 e. The van der Waals surface area contributed by atoms with E-state index in [1.54, 1.807) is 4.90 Å². The summed E-state index contributed by atoms with van der Waals surface area (Å²) in [5.74, 6) is 0.759. The number of carbonyl (C=O) groups is 1. The molecule has 1 atom stereocenters. The van der Waals surface area contributed by atoms with E-state index in [1.807, 2.05) is 24.7 Å². The third kappa shape index (κ3) is 4.56. The van der Waals surface area contributed by atoms with Gasteiger partial charge in [-0.25, -0.2) is 4.68 Å². The maximum absolute atomic E-state index is 12.4. The fraction of sp³-hybridized carbons (Fsp3) is 0.833. The van der Waals surface area contributed by atoms with Gasteiger partial charge in [-0.15, -0.1) is 5.10 Å². The molecule has 1 aliphatic heterocycles. The molecule has 24 heavy (non-hydrogen) atoms. The van der Waals surface area contributed by atoms with Gasteiger partial charge in [-0.1, -0.05) is 31.9 Å². The Labute approximate surface area is 146 Å². The first-order valence-corrected chi connectivity index (χ1v) is 9.56. The van der Waals surface area contributed by atoms with Gasteiger partial charge in [0, 0.05) is 26.2 Å². The standard InChI is InChI=1S/C18H33N5O/c1-5-15(6-2)12-21-11-9-10-16(13-21)23-14-17(19-20-23)18(24)22(7-3)8-4/h14-16H,5-13H2,1-4H3/t16-/m1/s1. The lowest BCUT2D eigenvalue weighted by Gasteiger charge is -2.34. The second kappa shape index (κ2) is 9.16. The molecule has 0 aliphatic carbocycles. The molecular weight excluding hydrogens is 302 g/mol. The van der Waals surface area contributed by atoms with Crippen molar-refractivity contribution in [2.45, 2.75) is 59.4 Å². The number of aromatic nitrogens is 3. The van der Waals surface area contributed by atoms with Gasteiger partial charge < -0.3 is 9.80 Å². The maximum atomic E-state index is 12.4. The van der Waals surface area contributed by atoms with Gasteiger partial charge in [0.15, 0.2) is 5.69 Å². The first kappa shape index (κ1) is 18.9. The molecule has 6 nitrogen and oxygen atoms in total. The molecule has 1 aromatic heterocycles. The topological polar surface area (TPSA) is 54.3 Å². The molecule has 0 bridgehead atoms. The molecule has 0 aromatic carbocycles. The molecular formula is C18H33N5O. The molecule has 1 fully saturated rings. The van der Waals surface area contributed by atoms with E-state index in [9.17, 15) is 4.79 Å². The van der Waals surface area contributed by atoms with Crippen LogP contribution in [0, 0.1) is 5.92 Å². The Morgan fingerprint density at radius 2 is 2.00 bits per heavy atom. The van der Waals surface area contributed by atoms with Crippen molar-refractivity contribution in [3.05, 3.63) is 11.9 Å². The molecule has 6 heteroatoms. The predicted octanol–water partition coefficient (Wildman–Crippen LogP) is 2.83. The number of carbonyl (C=O) groups excluding carboxylic acids is 1. The molecule has 1 saturated heterocycles. The molecule has 2 rings (SSSR count). The monoisotopic (exact) mass is 335 g/mol. The van der Waals surface area contributed by atoms with E-state index in [-0.39, 0.29) is 5.91 Å². The average molecular weight is 335 g/mol. The zero-order valence-electron chi connectivity index (χ0n) is 15.7. The normalized spacial score (nSPS) is 19.0. The fourth-order valence-electron chi connectivity index (χ4n) is 3.55. The SMILES string of the molecule is CCC(CC)CN1CCC[C@@H](n2cc(C(=O)N(CC)CC)nn2)C1. The Bertz CT molecular complexity index is 507. The molecule has 2 heterocycles. The van der Waals surface area contributed by atoms with E-state index in [1.165, 1.54) is 32.4 Å². The van der Waals surface area contributed by atoms with Crippen LogP contribution < -0.4 is 0 Å². The van der Waals surface area contributed by atoms with Crippen molar-refractivity contribution < 1.29 is 4.79 Å². The summed E-state index contributed by atoms with van der Waals surface area (Å²) in [6.45, 7) is 13.3. The first-order valence-electron chi connectivity index (χ1n) is 9.56.